The average molecular weight is 480 g/mol. The number of benzene rings is 2. The first-order valence-corrected chi connectivity index (χ1v) is 9.46. The summed E-state index contributed by atoms with van der Waals surface area (Å²) < 4.78 is 52.9. The molecule has 156 valence electrons. The number of nitrogens with one attached hydrogen (secondary N) is 1. The number of halogens is 4. The van der Waals surface area contributed by atoms with Gasteiger partial charge in [0, 0.05) is 10.0 Å². The minimum absolute atomic E-state index is 0.0689. The van der Waals surface area contributed by atoms with E-state index < -0.39 is 17.7 Å². The molecule has 1 N–H and O–H groups in total. The predicted molar refractivity (Wildman–Crippen MR) is 111 cm³/mol. The van der Waals surface area contributed by atoms with E-state index in [9.17, 15) is 18.0 Å². The van der Waals surface area contributed by atoms with Crippen LogP contribution in [0.15, 0.2) is 53.0 Å². The van der Waals surface area contributed by atoms with E-state index in [0.29, 0.717) is 5.56 Å². The molecule has 0 fully saturated rings. The van der Waals surface area contributed by atoms with Crippen molar-refractivity contribution in [3.63, 3.8) is 0 Å². The van der Waals surface area contributed by atoms with Gasteiger partial charge in [0.25, 0.3) is 5.54 Å². The van der Waals surface area contributed by atoms with Crippen LogP contribution >= 0.6 is 15.9 Å². The summed E-state index contributed by atoms with van der Waals surface area (Å²) in [5, 5.41) is 2.17. The number of para-hydroxylation sites is 2. The third kappa shape index (κ3) is 5.49. The first-order valence-electron chi connectivity index (χ1n) is 8.67. The Labute approximate surface area is 180 Å². The Bertz CT molecular complexity index is 1010. The van der Waals surface area contributed by atoms with Gasteiger partial charge in [-0.2, -0.15) is 13.2 Å². The molecule has 0 saturated heterocycles. The number of esters is 1. The summed E-state index contributed by atoms with van der Waals surface area (Å²) >= 11 is 3.28. The lowest BCUT2D eigenvalue weighted by atomic mass is 9.98. The summed E-state index contributed by atoms with van der Waals surface area (Å²) in [6.45, 7) is 1.15. The molecule has 30 heavy (non-hydrogen) atoms. The Morgan fingerprint density at radius 1 is 1.10 bits per heavy atom. The molecule has 0 heterocycles. The molecule has 1 unspecified atom stereocenters. The van der Waals surface area contributed by atoms with Crippen molar-refractivity contribution in [1.29, 1.82) is 0 Å². The van der Waals surface area contributed by atoms with Crippen molar-refractivity contribution in [3.05, 3.63) is 58.6 Å². The fraction of sp³-hybridized carbons (Fsp3) is 0.227. The molecule has 0 amide bonds. The van der Waals surface area contributed by atoms with Gasteiger partial charge in [-0.3, -0.25) is 0 Å². The molecule has 2 aromatic carbocycles. The molecule has 0 bridgehead atoms. The van der Waals surface area contributed by atoms with E-state index in [2.05, 4.69) is 43.7 Å². The maximum absolute atomic E-state index is 14.1. The lowest BCUT2D eigenvalue weighted by Gasteiger charge is -2.30. The van der Waals surface area contributed by atoms with Crippen molar-refractivity contribution in [3.8, 4) is 29.4 Å². The van der Waals surface area contributed by atoms with Gasteiger partial charge in [-0.1, -0.05) is 34.0 Å². The molecule has 2 aromatic rings. The minimum atomic E-state index is -5.10. The summed E-state index contributed by atoms with van der Waals surface area (Å²) in [6, 6.07) is 12.7. The van der Waals surface area contributed by atoms with Gasteiger partial charge in [0.2, 0.25) is 0 Å². The minimum Gasteiger partial charge on any atom is -0.495 e. The molecular formula is C22H17BrF3NO3. The summed E-state index contributed by atoms with van der Waals surface area (Å²) in [6.07, 6.45) is -5.10. The van der Waals surface area contributed by atoms with E-state index in [4.69, 9.17) is 4.74 Å². The molecule has 0 spiro atoms. The smallest absolute Gasteiger partial charge is 0.434 e. The fourth-order valence-corrected chi connectivity index (χ4v) is 2.61. The van der Waals surface area contributed by atoms with E-state index in [0.717, 1.165) is 4.47 Å². The highest BCUT2D eigenvalue weighted by Crippen LogP contribution is 2.37. The molecule has 2 rings (SSSR count). The van der Waals surface area contributed by atoms with Crippen molar-refractivity contribution in [2.75, 3.05) is 19.0 Å². The summed E-state index contributed by atoms with van der Waals surface area (Å²) in [5.74, 6) is 7.60. The topological polar surface area (TPSA) is 47.6 Å². The lowest BCUT2D eigenvalue weighted by molar-refractivity contribution is -0.188. The van der Waals surface area contributed by atoms with E-state index in [1.54, 1.807) is 30.3 Å². The number of carbonyl (C=O) groups is 1. The molecule has 0 aliphatic heterocycles. The maximum atomic E-state index is 14.1. The van der Waals surface area contributed by atoms with Crippen LogP contribution in [-0.2, 0) is 9.53 Å². The van der Waals surface area contributed by atoms with Gasteiger partial charge in [-0.15, -0.1) is 0 Å². The van der Waals surface area contributed by atoms with Crippen LogP contribution < -0.4 is 10.1 Å². The number of methoxy groups -OCH3 is 1. The van der Waals surface area contributed by atoms with Crippen LogP contribution in [0.5, 0.6) is 5.75 Å². The SMILES string of the molecule is CCOC(=O)C(C#CC#Cc1ccc(Br)cc1)(Nc1ccccc1OC)C(F)(F)F. The summed E-state index contributed by atoms with van der Waals surface area (Å²) in [4.78, 5) is 12.4. The largest absolute Gasteiger partial charge is 0.495 e. The quantitative estimate of drug-likeness (QED) is 0.494. The molecule has 0 aromatic heterocycles. The van der Waals surface area contributed by atoms with Gasteiger partial charge in [-0.25, -0.2) is 4.79 Å². The molecule has 0 aliphatic rings. The predicted octanol–water partition coefficient (Wildman–Crippen LogP) is 4.79. The second kappa shape index (κ2) is 10.1. The molecule has 0 radical (unpaired) electrons. The number of rotatable bonds is 5. The lowest BCUT2D eigenvalue weighted by Crippen LogP contribution is -2.58. The zero-order chi connectivity index (χ0) is 22.2. The van der Waals surface area contributed by atoms with Crippen molar-refractivity contribution in [1.82, 2.24) is 0 Å². The van der Waals surface area contributed by atoms with Gasteiger partial charge >= 0.3 is 12.1 Å². The number of carbonyl (C=O) groups excluding carboxylic acids is 1. The second-order valence-electron chi connectivity index (χ2n) is 5.80. The Morgan fingerprint density at radius 3 is 2.37 bits per heavy atom. The highest BCUT2D eigenvalue weighted by molar-refractivity contribution is 9.10. The number of alkyl halides is 3. The van der Waals surface area contributed by atoms with Crippen LogP contribution in [0, 0.1) is 23.7 Å². The first kappa shape index (κ1) is 23.2. The number of anilines is 1. The van der Waals surface area contributed by atoms with Crippen LogP contribution in [0.4, 0.5) is 18.9 Å². The Morgan fingerprint density at radius 2 is 1.77 bits per heavy atom. The third-order valence-electron chi connectivity index (χ3n) is 3.80. The maximum Gasteiger partial charge on any atom is 0.434 e. The Balaban J connectivity index is 2.53. The van der Waals surface area contributed by atoms with Crippen LogP contribution in [0.3, 0.4) is 0 Å². The van der Waals surface area contributed by atoms with Gasteiger partial charge < -0.3 is 14.8 Å². The van der Waals surface area contributed by atoms with Crippen LogP contribution in [-0.4, -0.2) is 31.4 Å². The van der Waals surface area contributed by atoms with E-state index >= 15 is 0 Å². The zero-order valence-electron chi connectivity index (χ0n) is 16.1. The first-order chi connectivity index (χ1) is 14.2. The molecule has 1 atom stereocenters. The Kier molecular flexibility index (Phi) is 7.79. The monoisotopic (exact) mass is 479 g/mol. The standard InChI is InChI=1S/C22H17BrF3NO3/c1-3-30-20(28)21(22(24,25)26,27-18-9-4-5-10-19(18)29-2)15-7-6-8-16-11-13-17(23)14-12-16/h4-5,9-14,27H,3H2,1-2H3. The molecule has 0 aliphatic carbocycles. The van der Waals surface area contributed by atoms with E-state index in [-0.39, 0.29) is 18.0 Å². The van der Waals surface area contributed by atoms with Crippen molar-refractivity contribution < 1.29 is 27.4 Å². The van der Waals surface area contributed by atoms with Crippen LogP contribution in [0.2, 0.25) is 0 Å². The zero-order valence-corrected chi connectivity index (χ0v) is 17.6. The van der Waals surface area contributed by atoms with Gasteiger partial charge in [0.1, 0.15) is 5.75 Å². The average Bonchev–Trinajstić information content (AvgIpc) is 2.71. The third-order valence-corrected chi connectivity index (χ3v) is 4.33. The number of ether oxygens (including phenoxy) is 2. The molecular weight excluding hydrogens is 463 g/mol. The summed E-state index contributed by atoms with van der Waals surface area (Å²) in [7, 11) is 1.30. The van der Waals surface area contributed by atoms with E-state index in [1.807, 2.05) is 5.92 Å². The van der Waals surface area contributed by atoms with Gasteiger partial charge in [0.05, 0.1) is 19.4 Å². The Hall–Kier alpha value is -3.10. The van der Waals surface area contributed by atoms with Crippen LogP contribution in [0.25, 0.3) is 0 Å². The van der Waals surface area contributed by atoms with E-state index in [1.165, 1.54) is 32.2 Å². The van der Waals surface area contributed by atoms with Crippen LogP contribution in [0.1, 0.15) is 12.5 Å². The molecule has 8 heteroatoms. The number of hydrogen-bond donors (Lipinski definition) is 1. The van der Waals surface area contributed by atoms with Crippen molar-refractivity contribution in [2.24, 2.45) is 0 Å². The summed E-state index contributed by atoms with van der Waals surface area (Å²) in [5.41, 5.74) is -2.84. The highest BCUT2D eigenvalue weighted by atomic mass is 79.9. The van der Waals surface area contributed by atoms with Crippen molar-refractivity contribution >= 4 is 27.6 Å². The van der Waals surface area contributed by atoms with Gasteiger partial charge in [0.15, 0.2) is 0 Å². The molecule has 4 nitrogen and oxygen atoms in total. The number of hydrogen-bond acceptors (Lipinski definition) is 4. The highest BCUT2D eigenvalue weighted by Gasteiger charge is 2.62. The fourth-order valence-electron chi connectivity index (χ4n) is 2.34. The van der Waals surface area contributed by atoms with Gasteiger partial charge in [-0.05, 0) is 61.1 Å². The van der Waals surface area contributed by atoms with Crippen molar-refractivity contribution in [2.45, 2.75) is 18.6 Å². The second-order valence-corrected chi connectivity index (χ2v) is 6.72. The molecule has 0 saturated carbocycles. The normalized spacial score (nSPS) is 12.3.